The van der Waals surface area contributed by atoms with Gasteiger partial charge < -0.3 is 5.32 Å². The molecule has 8 heavy (non-hydrogen) atoms. The van der Waals surface area contributed by atoms with Crippen molar-refractivity contribution in [1.82, 2.24) is 5.32 Å². The number of nitrogens with one attached hydrogen (secondary N) is 1. The topological polar surface area (TPSA) is 46.2 Å². The maximum absolute atomic E-state index is 10.1. The molecule has 3 nitrogen and oxygen atoms in total. The Morgan fingerprint density at radius 1 is 1.88 bits per heavy atom. The summed E-state index contributed by atoms with van der Waals surface area (Å²) in [6.07, 6.45) is 2.56. The molecule has 1 amide bonds. The van der Waals surface area contributed by atoms with Gasteiger partial charge in [0, 0.05) is 18.9 Å². The summed E-state index contributed by atoms with van der Waals surface area (Å²) in [5.41, 5.74) is 0. The maximum atomic E-state index is 10.1. The van der Waals surface area contributed by atoms with Crippen molar-refractivity contribution in [3.63, 3.8) is 0 Å². The van der Waals surface area contributed by atoms with E-state index in [0.29, 0.717) is 12.8 Å². The van der Waals surface area contributed by atoms with Crippen molar-refractivity contribution >= 4 is 12.2 Å². The molecule has 1 heterocycles. The van der Waals surface area contributed by atoms with Gasteiger partial charge in [-0.1, -0.05) is 0 Å². The summed E-state index contributed by atoms with van der Waals surface area (Å²) in [6, 6.07) is 0.0833. The van der Waals surface area contributed by atoms with Gasteiger partial charge in [-0.2, -0.15) is 0 Å². The molecule has 3 heteroatoms. The van der Waals surface area contributed by atoms with Crippen LogP contribution in [0.3, 0.4) is 0 Å². The van der Waals surface area contributed by atoms with Crippen molar-refractivity contribution in [1.29, 1.82) is 0 Å². The fourth-order valence-corrected chi connectivity index (χ4v) is 0.654. The first kappa shape index (κ1) is 5.28. The van der Waals surface area contributed by atoms with E-state index < -0.39 is 0 Å². The van der Waals surface area contributed by atoms with Crippen LogP contribution >= 0.6 is 0 Å². The van der Waals surface area contributed by atoms with Crippen LogP contribution in [0.15, 0.2) is 0 Å². The van der Waals surface area contributed by atoms with Crippen LogP contribution in [0.5, 0.6) is 0 Å². The molecule has 1 rings (SSSR count). The van der Waals surface area contributed by atoms with E-state index in [1.807, 2.05) is 0 Å². The lowest BCUT2D eigenvalue weighted by atomic mass is 10.0. The summed E-state index contributed by atoms with van der Waals surface area (Å²) >= 11 is 0. The van der Waals surface area contributed by atoms with Gasteiger partial charge in [0.25, 0.3) is 0 Å². The summed E-state index contributed by atoms with van der Waals surface area (Å²) in [4.78, 5) is 19.8. The van der Waals surface area contributed by atoms with Crippen LogP contribution in [0.4, 0.5) is 0 Å². The minimum Gasteiger partial charge on any atom is -0.352 e. The largest absolute Gasteiger partial charge is 0.352 e. The third kappa shape index (κ3) is 0.857. The lowest BCUT2D eigenvalue weighted by Crippen LogP contribution is -2.48. The van der Waals surface area contributed by atoms with E-state index in [-0.39, 0.29) is 11.9 Å². The fraction of sp³-hybridized carbons (Fsp3) is 0.600. The highest BCUT2D eigenvalue weighted by Gasteiger charge is 2.24. The zero-order chi connectivity index (χ0) is 5.98. The van der Waals surface area contributed by atoms with Crippen molar-refractivity contribution < 1.29 is 9.59 Å². The predicted molar refractivity (Wildman–Crippen MR) is 26.9 cm³/mol. The van der Waals surface area contributed by atoms with Crippen LogP contribution < -0.4 is 5.32 Å². The van der Waals surface area contributed by atoms with Gasteiger partial charge in [0.15, 0.2) is 0 Å². The summed E-state index contributed by atoms with van der Waals surface area (Å²) < 4.78 is 0. The highest BCUT2D eigenvalue weighted by molar-refractivity contribution is 5.83. The van der Waals surface area contributed by atoms with Crippen LogP contribution in [0.2, 0.25) is 0 Å². The van der Waals surface area contributed by atoms with Gasteiger partial charge in [-0.05, 0) is 0 Å². The molecule has 1 aliphatic heterocycles. The Morgan fingerprint density at radius 3 is 2.88 bits per heavy atom. The Morgan fingerprint density at radius 2 is 2.50 bits per heavy atom. The van der Waals surface area contributed by atoms with Gasteiger partial charge in [0.2, 0.25) is 12.2 Å². The number of β-lactam (4-membered cyclic amide) rings is 1. The third-order valence-corrected chi connectivity index (χ3v) is 1.13. The fourth-order valence-electron chi connectivity index (χ4n) is 0.654. The van der Waals surface area contributed by atoms with E-state index in [1.165, 1.54) is 0 Å². The zero-order valence-corrected chi connectivity index (χ0v) is 4.31. The lowest BCUT2D eigenvalue weighted by molar-refractivity contribution is -0.127. The monoisotopic (exact) mass is 112 g/mol. The van der Waals surface area contributed by atoms with Gasteiger partial charge in [-0.25, -0.2) is 0 Å². The first-order valence-corrected chi connectivity index (χ1v) is 2.47. The molecular weight excluding hydrogens is 106 g/mol. The molecule has 0 bridgehead atoms. The summed E-state index contributed by atoms with van der Waals surface area (Å²) in [5.74, 6) is 0.0326. The summed E-state index contributed by atoms with van der Waals surface area (Å²) in [7, 11) is 0. The third-order valence-electron chi connectivity index (χ3n) is 1.13. The Kier molecular flexibility index (Phi) is 1.28. The average molecular weight is 112 g/mol. The molecule has 0 aromatic rings. The Hall–Kier alpha value is -0.860. The summed E-state index contributed by atoms with van der Waals surface area (Å²) in [5, 5.41) is 2.54. The Balaban J connectivity index is 2.15. The van der Waals surface area contributed by atoms with Crippen molar-refractivity contribution in [2.24, 2.45) is 0 Å². The van der Waals surface area contributed by atoms with E-state index >= 15 is 0 Å². The molecule has 0 saturated carbocycles. The molecule has 0 aromatic carbocycles. The minimum atomic E-state index is 0.0326. The van der Waals surface area contributed by atoms with Crippen molar-refractivity contribution in [3.8, 4) is 0 Å². The Labute approximate surface area is 47.1 Å². The molecule has 1 radical (unpaired) electrons. The second kappa shape index (κ2) is 1.94. The van der Waals surface area contributed by atoms with Crippen molar-refractivity contribution in [2.45, 2.75) is 18.9 Å². The molecule has 43 valence electrons. The number of hydrogen-bond donors (Lipinski definition) is 1. The van der Waals surface area contributed by atoms with E-state index in [9.17, 15) is 9.59 Å². The number of amides is 1. The lowest BCUT2D eigenvalue weighted by Gasteiger charge is -2.23. The first-order chi connectivity index (χ1) is 3.83. The highest BCUT2D eigenvalue weighted by atomic mass is 16.2. The highest BCUT2D eigenvalue weighted by Crippen LogP contribution is 2.05. The quantitative estimate of drug-likeness (QED) is 0.483. The summed E-state index contributed by atoms with van der Waals surface area (Å²) in [6.45, 7) is 0. The normalized spacial score (nSPS) is 26.0. The van der Waals surface area contributed by atoms with Crippen LogP contribution in [-0.4, -0.2) is 18.2 Å². The molecule has 1 aliphatic rings. The van der Waals surface area contributed by atoms with Gasteiger partial charge >= 0.3 is 0 Å². The molecule has 0 aliphatic carbocycles. The molecule has 1 saturated heterocycles. The van der Waals surface area contributed by atoms with Crippen LogP contribution in [0.25, 0.3) is 0 Å². The molecular formula is C5H6NO2. The van der Waals surface area contributed by atoms with E-state index in [4.69, 9.17) is 0 Å². The van der Waals surface area contributed by atoms with E-state index in [0.717, 1.165) is 0 Å². The number of carbonyl (C=O) groups is 1. The van der Waals surface area contributed by atoms with E-state index in [2.05, 4.69) is 5.32 Å². The molecule has 0 spiro atoms. The van der Waals surface area contributed by atoms with Gasteiger partial charge in [-0.3, -0.25) is 9.59 Å². The second-order valence-electron chi connectivity index (χ2n) is 1.82. The van der Waals surface area contributed by atoms with Crippen molar-refractivity contribution in [3.05, 3.63) is 0 Å². The van der Waals surface area contributed by atoms with E-state index in [1.54, 1.807) is 6.29 Å². The first-order valence-electron chi connectivity index (χ1n) is 2.47. The molecule has 1 atom stereocenters. The minimum absolute atomic E-state index is 0.0326. The smallest absolute Gasteiger partial charge is 0.222 e. The molecule has 1 N–H and O–H groups in total. The number of hydrogen-bond acceptors (Lipinski definition) is 2. The molecule has 1 unspecified atom stereocenters. The number of rotatable bonds is 2. The maximum Gasteiger partial charge on any atom is 0.222 e. The second-order valence-corrected chi connectivity index (χ2v) is 1.82. The standard InChI is InChI=1S/C5H6NO2/c7-2-1-4-3-5(8)6-4/h4H,1,3H2,(H,6,8). The van der Waals surface area contributed by atoms with Crippen LogP contribution in [-0.2, 0) is 9.59 Å². The average Bonchev–Trinajstić information content (AvgIpc) is 1.64. The SMILES string of the molecule is O=[C]CC1CC(=O)N1. The van der Waals surface area contributed by atoms with Gasteiger partial charge in [0.1, 0.15) is 0 Å². The van der Waals surface area contributed by atoms with Gasteiger partial charge in [-0.15, -0.1) is 0 Å². The van der Waals surface area contributed by atoms with Gasteiger partial charge in [0.05, 0.1) is 0 Å². The molecule has 1 fully saturated rings. The number of carbonyl (C=O) groups excluding carboxylic acids is 2. The van der Waals surface area contributed by atoms with Crippen LogP contribution in [0, 0.1) is 0 Å². The Bertz CT molecular complexity index is 111. The van der Waals surface area contributed by atoms with Crippen molar-refractivity contribution in [2.75, 3.05) is 0 Å². The molecule has 0 aromatic heterocycles. The van der Waals surface area contributed by atoms with Crippen LogP contribution in [0.1, 0.15) is 12.8 Å². The predicted octanol–water partition coefficient (Wildman–Crippen LogP) is -0.625. The zero-order valence-electron chi connectivity index (χ0n) is 4.31.